The number of benzene rings is 1. The number of fused-ring (bicyclic) bond motifs is 3. The monoisotopic (exact) mass is 527 g/mol. The number of amides is 1. The number of hydrogen-bond acceptors (Lipinski definition) is 6. The standard InChI is InChI=1S/C27H31Cl2N5O2/c1-26(2)10-17-21-20(31-25(32-21)33-22-18(28)11-30-12-19(22)29)6-16(23(17)36-26)24(35)34-27-7-13-3-14(8-27)5-15(4-13)9-27/h6,11-15,25,31-32H,3-5,7-10H2,1-2H3,(H,30,33)(H,34,35). The molecule has 1 amide bonds. The number of carbonyl (C=O) groups excluding carboxylic acids is 1. The number of carbonyl (C=O) groups is 1. The van der Waals surface area contributed by atoms with Crippen LogP contribution in [0.5, 0.6) is 5.75 Å². The van der Waals surface area contributed by atoms with Crippen LogP contribution in [0, 0.1) is 17.8 Å². The van der Waals surface area contributed by atoms with Gasteiger partial charge in [-0.1, -0.05) is 23.2 Å². The first-order valence-electron chi connectivity index (χ1n) is 13.0. The van der Waals surface area contributed by atoms with Gasteiger partial charge >= 0.3 is 0 Å². The van der Waals surface area contributed by atoms with Crippen molar-refractivity contribution in [2.24, 2.45) is 17.8 Å². The molecular weight excluding hydrogens is 497 g/mol. The molecule has 8 rings (SSSR count). The zero-order valence-electron chi connectivity index (χ0n) is 20.5. The molecule has 2 aromatic rings. The average Bonchev–Trinajstić information content (AvgIpc) is 3.33. The Hall–Kier alpha value is -2.38. The maximum Gasteiger partial charge on any atom is 0.255 e. The van der Waals surface area contributed by atoms with Crippen LogP contribution in [0.2, 0.25) is 10.0 Å². The maximum atomic E-state index is 13.9. The van der Waals surface area contributed by atoms with E-state index in [4.69, 9.17) is 27.9 Å². The highest BCUT2D eigenvalue weighted by Gasteiger charge is 2.52. The molecule has 0 saturated heterocycles. The van der Waals surface area contributed by atoms with Crippen LogP contribution in [0.15, 0.2) is 18.5 Å². The number of nitrogens with one attached hydrogen (secondary N) is 4. The van der Waals surface area contributed by atoms with Gasteiger partial charge in [-0.05, 0) is 76.2 Å². The van der Waals surface area contributed by atoms with Crippen LogP contribution in [-0.4, -0.2) is 28.3 Å². The summed E-state index contributed by atoms with van der Waals surface area (Å²) in [4.78, 5) is 17.9. The van der Waals surface area contributed by atoms with Gasteiger partial charge in [0.15, 0.2) is 6.29 Å². The van der Waals surface area contributed by atoms with Gasteiger partial charge in [0, 0.05) is 29.9 Å². The molecule has 4 N–H and O–H groups in total. The van der Waals surface area contributed by atoms with Gasteiger partial charge < -0.3 is 26.0 Å². The van der Waals surface area contributed by atoms with E-state index in [1.165, 1.54) is 19.3 Å². The van der Waals surface area contributed by atoms with Gasteiger partial charge in [0.1, 0.15) is 11.4 Å². The van der Waals surface area contributed by atoms with Crippen molar-refractivity contribution >= 4 is 46.2 Å². The van der Waals surface area contributed by atoms with Crippen molar-refractivity contribution in [1.29, 1.82) is 0 Å². The Labute approximate surface area is 221 Å². The quantitative estimate of drug-likeness (QED) is 0.388. The normalized spacial score (nSPS) is 32.2. The lowest BCUT2D eigenvalue weighted by molar-refractivity contribution is -0.0167. The molecule has 36 heavy (non-hydrogen) atoms. The summed E-state index contributed by atoms with van der Waals surface area (Å²) in [5, 5.41) is 14.7. The number of hydrogen-bond donors (Lipinski definition) is 4. The van der Waals surface area contributed by atoms with Crippen molar-refractivity contribution in [3.05, 3.63) is 39.6 Å². The zero-order valence-corrected chi connectivity index (χ0v) is 22.0. The van der Waals surface area contributed by atoms with E-state index in [2.05, 4.69) is 40.1 Å². The highest BCUT2D eigenvalue weighted by molar-refractivity contribution is 6.38. The Kier molecular flexibility index (Phi) is 4.94. The molecular formula is C27H31Cl2N5O2. The van der Waals surface area contributed by atoms with Gasteiger partial charge in [0.05, 0.1) is 32.7 Å². The Morgan fingerprint density at radius 1 is 1.06 bits per heavy atom. The van der Waals surface area contributed by atoms with Crippen LogP contribution in [-0.2, 0) is 6.42 Å². The Bertz CT molecular complexity index is 1220. The Morgan fingerprint density at radius 3 is 2.33 bits per heavy atom. The van der Waals surface area contributed by atoms with Gasteiger partial charge in [0.2, 0.25) is 0 Å². The summed E-state index contributed by atoms with van der Waals surface area (Å²) in [6, 6.07) is 1.93. The number of nitrogens with zero attached hydrogens (tertiary/aromatic N) is 1. The summed E-state index contributed by atoms with van der Waals surface area (Å²) in [6.07, 6.45) is 10.8. The molecule has 7 nitrogen and oxygen atoms in total. The molecule has 3 heterocycles. The number of pyridine rings is 1. The van der Waals surface area contributed by atoms with E-state index < -0.39 is 5.60 Å². The average molecular weight is 528 g/mol. The zero-order chi connectivity index (χ0) is 24.8. The third-order valence-electron chi connectivity index (χ3n) is 8.75. The van der Waals surface area contributed by atoms with E-state index in [-0.39, 0.29) is 17.7 Å². The second kappa shape index (κ2) is 7.81. The van der Waals surface area contributed by atoms with Crippen molar-refractivity contribution in [3.8, 4) is 5.75 Å². The summed E-state index contributed by atoms with van der Waals surface area (Å²) < 4.78 is 6.38. The summed E-state index contributed by atoms with van der Waals surface area (Å²) in [5.41, 5.74) is 3.59. The van der Waals surface area contributed by atoms with Gasteiger partial charge in [-0.3, -0.25) is 9.78 Å². The first-order chi connectivity index (χ1) is 17.2. The number of rotatable bonds is 4. The van der Waals surface area contributed by atoms with E-state index >= 15 is 0 Å². The predicted molar refractivity (Wildman–Crippen MR) is 142 cm³/mol. The first-order valence-corrected chi connectivity index (χ1v) is 13.7. The fourth-order valence-corrected chi connectivity index (χ4v) is 8.34. The van der Waals surface area contributed by atoms with Crippen LogP contribution in [0.3, 0.4) is 0 Å². The third-order valence-corrected chi connectivity index (χ3v) is 9.32. The highest BCUT2D eigenvalue weighted by Crippen LogP contribution is 2.56. The molecule has 190 valence electrons. The summed E-state index contributed by atoms with van der Waals surface area (Å²) in [7, 11) is 0. The highest BCUT2D eigenvalue weighted by atomic mass is 35.5. The number of ether oxygens (including phenoxy) is 1. The van der Waals surface area contributed by atoms with Crippen LogP contribution < -0.4 is 26.0 Å². The lowest BCUT2D eigenvalue weighted by Gasteiger charge is -2.56. The molecule has 0 radical (unpaired) electrons. The van der Waals surface area contributed by atoms with E-state index in [0.29, 0.717) is 33.5 Å². The van der Waals surface area contributed by atoms with Crippen LogP contribution in [0.25, 0.3) is 0 Å². The molecule has 9 heteroatoms. The smallest absolute Gasteiger partial charge is 0.255 e. The first kappa shape index (κ1) is 22.8. The second-order valence-electron chi connectivity index (χ2n) is 12.2. The van der Waals surface area contributed by atoms with Gasteiger partial charge in [-0.2, -0.15) is 0 Å². The van der Waals surface area contributed by atoms with Crippen molar-refractivity contribution in [2.45, 2.75) is 76.2 Å². The Morgan fingerprint density at radius 2 is 1.69 bits per heavy atom. The third kappa shape index (κ3) is 3.69. The maximum absolute atomic E-state index is 13.9. The molecule has 1 unspecified atom stereocenters. The fraction of sp³-hybridized carbons (Fsp3) is 0.556. The minimum absolute atomic E-state index is 0.0212. The topological polar surface area (TPSA) is 87.3 Å². The predicted octanol–water partition coefficient (Wildman–Crippen LogP) is 6.03. The summed E-state index contributed by atoms with van der Waals surface area (Å²) in [5.74, 6) is 2.97. The Balaban J connectivity index is 1.19. The van der Waals surface area contributed by atoms with Crippen molar-refractivity contribution in [1.82, 2.24) is 10.3 Å². The number of halogens is 2. The molecule has 4 aliphatic carbocycles. The minimum atomic E-state index is -0.391. The van der Waals surface area contributed by atoms with E-state index in [0.717, 1.165) is 54.0 Å². The van der Waals surface area contributed by atoms with E-state index in [1.807, 2.05) is 6.07 Å². The molecule has 6 aliphatic rings. The molecule has 2 aliphatic heterocycles. The summed E-state index contributed by atoms with van der Waals surface area (Å²) in [6.45, 7) is 4.13. The largest absolute Gasteiger partial charge is 0.486 e. The number of anilines is 3. The van der Waals surface area contributed by atoms with Crippen LogP contribution in [0.4, 0.5) is 17.1 Å². The van der Waals surface area contributed by atoms with Crippen LogP contribution >= 0.6 is 23.2 Å². The molecule has 4 saturated carbocycles. The minimum Gasteiger partial charge on any atom is -0.486 e. The van der Waals surface area contributed by atoms with Gasteiger partial charge in [-0.15, -0.1) is 0 Å². The van der Waals surface area contributed by atoms with Crippen molar-refractivity contribution in [3.63, 3.8) is 0 Å². The van der Waals surface area contributed by atoms with Gasteiger partial charge in [-0.25, -0.2) is 0 Å². The van der Waals surface area contributed by atoms with Crippen molar-refractivity contribution < 1.29 is 9.53 Å². The van der Waals surface area contributed by atoms with Gasteiger partial charge in [0.25, 0.3) is 5.91 Å². The lowest BCUT2D eigenvalue weighted by Crippen LogP contribution is -2.59. The molecule has 4 fully saturated rings. The molecule has 1 atom stereocenters. The van der Waals surface area contributed by atoms with Crippen molar-refractivity contribution in [2.75, 3.05) is 16.0 Å². The second-order valence-corrected chi connectivity index (χ2v) is 13.0. The summed E-state index contributed by atoms with van der Waals surface area (Å²) >= 11 is 12.7. The molecule has 1 aromatic heterocycles. The van der Waals surface area contributed by atoms with Crippen LogP contribution in [0.1, 0.15) is 68.3 Å². The lowest BCUT2D eigenvalue weighted by atomic mass is 9.53. The van der Waals surface area contributed by atoms with E-state index in [1.54, 1.807) is 12.4 Å². The molecule has 1 aromatic carbocycles. The molecule has 0 spiro atoms. The number of aromatic nitrogens is 1. The fourth-order valence-electron chi connectivity index (χ4n) is 7.86. The van der Waals surface area contributed by atoms with E-state index in [9.17, 15) is 4.79 Å². The molecule has 4 bridgehead atoms. The SMILES string of the molecule is CC1(C)Cc2c3c(cc(C(=O)NC45CC6CC(CC(C6)C4)C5)c2O1)NC(Nc1c(Cl)cncc1Cl)N3.